The van der Waals surface area contributed by atoms with Crippen molar-refractivity contribution in [3.8, 4) is 0 Å². The minimum absolute atomic E-state index is 0.307. The molecule has 0 aliphatic carbocycles. The van der Waals surface area contributed by atoms with Crippen LogP contribution in [-0.4, -0.2) is 30.2 Å². The lowest BCUT2D eigenvalue weighted by atomic mass is 9.91. The molecule has 32 heavy (non-hydrogen) atoms. The number of rotatable bonds is 6. The first-order chi connectivity index (χ1) is 15.5. The van der Waals surface area contributed by atoms with Gasteiger partial charge in [-0.05, 0) is 79.0 Å². The van der Waals surface area contributed by atoms with E-state index < -0.39 is 0 Å². The second-order valence-corrected chi connectivity index (χ2v) is 9.24. The Morgan fingerprint density at radius 3 is 2.19 bits per heavy atom. The Morgan fingerprint density at radius 2 is 1.53 bits per heavy atom. The van der Waals surface area contributed by atoms with E-state index >= 15 is 0 Å². The van der Waals surface area contributed by atoms with E-state index in [1.807, 2.05) is 0 Å². The molecule has 1 aliphatic rings. The van der Waals surface area contributed by atoms with Crippen molar-refractivity contribution in [1.82, 2.24) is 4.90 Å². The average Bonchev–Trinajstić information content (AvgIpc) is 2.82. The van der Waals surface area contributed by atoms with Crippen LogP contribution in [0.2, 0.25) is 0 Å². The summed E-state index contributed by atoms with van der Waals surface area (Å²) in [6.45, 7) is 10.9. The van der Waals surface area contributed by atoms with Gasteiger partial charge in [0.2, 0.25) is 0 Å². The number of hydrogen-bond acceptors (Lipinski definition) is 2. The maximum atomic E-state index is 4.95. The Hall–Kier alpha value is -2.71. The van der Waals surface area contributed by atoms with Gasteiger partial charge in [0, 0.05) is 19.3 Å². The summed E-state index contributed by atoms with van der Waals surface area (Å²) >= 11 is 0. The first kappa shape index (κ1) is 22.5. The van der Waals surface area contributed by atoms with Gasteiger partial charge < -0.3 is 0 Å². The minimum atomic E-state index is 0.307. The minimum Gasteiger partial charge on any atom is -0.292 e. The molecule has 1 aliphatic heterocycles. The van der Waals surface area contributed by atoms with Crippen LogP contribution in [0.4, 0.5) is 0 Å². The zero-order valence-corrected chi connectivity index (χ0v) is 20.0. The highest BCUT2D eigenvalue weighted by molar-refractivity contribution is 5.81. The zero-order valence-electron chi connectivity index (χ0n) is 20.0. The molecule has 3 aromatic carbocycles. The lowest BCUT2D eigenvalue weighted by Crippen LogP contribution is -2.38. The maximum absolute atomic E-state index is 4.95. The third-order valence-electron chi connectivity index (χ3n) is 7.03. The van der Waals surface area contributed by atoms with Crippen molar-refractivity contribution >= 4 is 6.21 Å². The van der Waals surface area contributed by atoms with Crippen LogP contribution in [0.3, 0.4) is 0 Å². The molecule has 4 rings (SSSR count). The van der Waals surface area contributed by atoms with Gasteiger partial charge in [0.15, 0.2) is 0 Å². The molecule has 2 nitrogen and oxygen atoms in total. The molecule has 166 valence electrons. The van der Waals surface area contributed by atoms with Crippen LogP contribution in [0.25, 0.3) is 0 Å². The topological polar surface area (TPSA) is 15.6 Å². The molecular formula is C30H36N2. The quantitative estimate of drug-likeness (QED) is 0.395. The van der Waals surface area contributed by atoms with Crippen molar-refractivity contribution in [1.29, 1.82) is 0 Å². The van der Waals surface area contributed by atoms with Crippen LogP contribution in [0, 0.1) is 20.8 Å². The number of hydrogen-bond donors (Lipinski definition) is 0. The molecule has 0 saturated carbocycles. The molecule has 0 bridgehead atoms. The van der Waals surface area contributed by atoms with E-state index in [9.17, 15) is 0 Å². The van der Waals surface area contributed by atoms with E-state index in [-0.39, 0.29) is 0 Å². The lowest BCUT2D eigenvalue weighted by Gasteiger charge is -2.37. The van der Waals surface area contributed by atoms with E-state index in [4.69, 9.17) is 4.99 Å². The Bertz CT molecular complexity index is 1060. The highest BCUT2D eigenvalue weighted by Gasteiger charge is 2.27. The molecule has 1 unspecified atom stereocenters. The summed E-state index contributed by atoms with van der Waals surface area (Å²) in [5, 5.41) is 0. The second-order valence-electron chi connectivity index (χ2n) is 9.24. The van der Waals surface area contributed by atoms with Gasteiger partial charge in [-0.3, -0.25) is 9.89 Å². The molecule has 1 fully saturated rings. The molecular weight excluding hydrogens is 388 g/mol. The van der Waals surface area contributed by atoms with Gasteiger partial charge in [-0.2, -0.15) is 0 Å². The van der Waals surface area contributed by atoms with Crippen LogP contribution < -0.4 is 0 Å². The lowest BCUT2D eigenvalue weighted by molar-refractivity contribution is 0.175. The molecule has 2 heteroatoms. The summed E-state index contributed by atoms with van der Waals surface area (Å²) in [7, 11) is 0. The largest absolute Gasteiger partial charge is 0.292 e. The van der Waals surface area contributed by atoms with Gasteiger partial charge in [-0.15, -0.1) is 0 Å². The first-order valence-corrected chi connectivity index (χ1v) is 12.0. The number of aryl methyl sites for hydroxylation is 4. The van der Waals surface area contributed by atoms with E-state index in [0.717, 1.165) is 32.4 Å². The van der Waals surface area contributed by atoms with Crippen LogP contribution >= 0.6 is 0 Å². The number of likely N-dealkylation sites (tertiary alicyclic amines) is 1. The van der Waals surface area contributed by atoms with E-state index in [2.05, 4.69) is 106 Å². The number of nitrogens with zero attached hydrogens (tertiary/aromatic N) is 2. The van der Waals surface area contributed by atoms with Gasteiger partial charge in [0.05, 0.1) is 12.1 Å². The predicted octanol–water partition coefficient (Wildman–Crippen LogP) is 6.85. The SMILES string of the molecule is CCc1ccc(C(c2ccc(C)c(C)c2)N2CCC(N=Cc3ccccc3C)CC2)cc1. The summed E-state index contributed by atoms with van der Waals surface area (Å²) in [4.78, 5) is 7.61. The van der Waals surface area contributed by atoms with Crippen molar-refractivity contribution in [3.05, 3.63) is 106 Å². The summed E-state index contributed by atoms with van der Waals surface area (Å²) in [5.74, 6) is 0. The van der Waals surface area contributed by atoms with Crippen molar-refractivity contribution in [2.24, 2.45) is 4.99 Å². The highest BCUT2D eigenvalue weighted by atomic mass is 15.2. The van der Waals surface area contributed by atoms with Crippen molar-refractivity contribution in [2.45, 2.75) is 59.0 Å². The molecule has 3 aromatic rings. The summed E-state index contributed by atoms with van der Waals surface area (Å²) in [5.41, 5.74) is 9.45. The Kier molecular flexibility index (Phi) is 7.22. The van der Waals surface area contributed by atoms with E-state index in [1.165, 1.54) is 38.9 Å². The number of benzene rings is 3. The molecule has 0 aromatic heterocycles. The summed E-state index contributed by atoms with van der Waals surface area (Å²) in [6.07, 6.45) is 5.38. The Labute approximate surface area is 194 Å². The molecule has 0 N–H and O–H groups in total. The molecule has 1 saturated heterocycles. The van der Waals surface area contributed by atoms with Crippen LogP contribution in [0.5, 0.6) is 0 Å². The molecule has 0 radical (unpaired) electrons. The third-order valence-corrected chi connectivity index (χ3v) is 7.03. The van der Waals surface area contributed by atoms with E-state index in [0.29, 0.717) is 12.1 Å². The Morgan fingerprint density at radius 1 is 0.844 bits per heavy atom. The fourth-order valence-corrected chi connectivity index (χ4v) is 4.69. The maximum Gasteiger partial charge on any atom is 0.0601 e. The van der Waals surface area contributed by atoms with Gasteiger partial charge >= 0.3 is 0 Å². The van der Waals surface area contributed by atoms with Crippen molar-refractivity contribution in [2.75, 3.05) is 13.1 Å². The van der Waals surface area contributed by atoms with Gasteiger partial charge in [-0.25, -0.2) is 0 Å². The van der Waals surface area contributed by atoms with Gasteiger partial charge in [0.25, 0.3) is 0 Å². The zero-order chi connectivity index (χ0) is 22.5. The smallest absolute Gasteiger partial charge is 0.0601 e. The van der Waals surface area contributed by atoms with Crippen LogP contribution in [0.15, 0.2) is 71.7 Å². The van der Waals surface area contributed by atoms with Crippen molar-refractivity contribution < 1.29 is 0 Å². The van der Waals surface area contributed by atoms with Gasteiger partial charge in [0.1, 0.15) is 0 Å². The normalized spacial score (nSPS) is 16.5. The van der Waals surface area contributed by atoms with Crippen molar-refractivity contribution in [3.63, 3.8) is 0 Å². The average molecular weight is 425 g/mol. The summed E-state index contributed by atoms with van der Waals surface area (Å²) in [6, 6.07) is 25.4. The van der Waals surface area contributed by atoms with E-state index in [1.54, 1.807) is 0 Å². The highest BCUT2D eigenvalue weighted by Crippen LogP contribution is 2.33. The fraction of sp³-hybridized carbons (Fsp3) is 0.367. The monoisotopic (exact) mass is 424 g/mol. The van der Waals surface area contributed by atoms with Gasteiger partial charge in [-0.1, -0.05) is 73.7 Å². The molecule has 0 amide bonds. The fourth-order valence-electron chi connectivity index (χ4n) is 4.69. The molecule has 0 spiro atoms. The molecule has 1 atom stereocenters. The number of piperidine rings is 1. The number of aliphatic imine (C=N–C) groups is 1. The Balaban J connectivity index is 1.53. The standard InChI is InChI=1S/C30H36N2/c1-5-25-11-14-26(15-12-25)30(27-13-10-22(2)24(4)20-27)32-18-16-29(17-19-32)31-21-28-9-7-6-8-23(28)3/h6-15,20-21,29-30H,5,16-19H2,1-4H3. The summed E-state index contributed by atoms with van der Waals surface area (Å²) < 4.78 is 0. The predicted molar refractivity (Wildman–Crippen MR) is 137 cm³/mol. The molecule has 1 heterocycles. The third kappa shape index (κ3) is 5.19. The second kappa shape index (κ2) is 10.3. The first-order valence-electron chi connectivity index (χ1n) is 12.0. The van der Waals surface area contributed by atoms with Crippen LogP contribution in [0.1, 0.15) is 64.8 Å². The van der Waals surface area contributed by atoms with Crippen LogP contribution in [-0.2, 0) is 6.42 Å².